The number of rotatable bonds is 2. The van der Waals surface area contributed by atoms with Crippen molar-refractivity contribution in [2.75, 3.05) is 0 Å². The van der Waals surface area contributed by atoms with Gasteiger partial charge in [-0.2, -0.15) is 0 Å². The van der Waals surface area contributed by atoms with Crippen LogP contribution in [0.5, 0.6) is 0 Å². The molecule has 0 atom stereocenters. The third-order valence-corrected chi connectivity index (χ3v) is 4.43. The van der Waals surface area contributed by atoms with Crippen LogP contribution in [0.15, 0.2) is 17.0 Å². The molecule has 15 heavy (non-hydrogen) atoms. The molecule has 0 saturated heterocycles. The fourth-order valence-corrected chi connectivity index (χ4v) is 4.23. The lowest BCUT2D eigenvalue weighted by Crippen LogP contribution is -1.99. The summed E-state index contributed by atoms with van der Waals surface area (Å²) in [5.74, 6) is 0. The Morgan fingerprint density at radius 2 is 1.67 bits per heavy atom. The largest absolute Gasteiger partial charge is 0.295 e. The van der Waals surface area contributed by atoms with Crippen molar-refractivity contribution in [3.05, 3.63) is 29.4 Å². The number of halogens is 3. The van der Waals surface area contributed by atoms with Gasteiger partial charge in [0.05, 0.1) is 17.0 Å². The Bertz CT molecular complexity index is 507. The van der Waals surface area contributed by atoms with Gasteiger partial charge in [-0.15, -0.1) is 0 Å². The summed E-state index contributed by atoms with van der Waals surface area (Å²) >= 11 is 3.39. The van der Waals surface area contributed by atoms with E-state index in [1.165, 1.54) is 12.1 Å². The molecule has 0 N–H and O–H groups in total. The number of nitrogens with zero attached hydrogens (tertiary/aromatic N) is 1. The van der Waals surface area contributed by atoms with E-state index in [0.717, 1.165) is 0 Å². The Labute approximate surface area is 117 Å². The maximum Gasteiger partial charge on any atom is 0.295 e. The fraction of sp³-hybridized carbons (Fsp3) is 0. The van der Waals surface area contributed by atoms with Crippen molar-refractivity contribution in [3.8, 4) is 0 Å². The topological polar surface area (TPSA) is 77.3 Å². The molecule has 0 unspecified atom stereocenters. The Morgan fingerprint density at radius 3 is 1.93 bits per heavy atom. The summed E-state index contributed by atoms with van der Waals surface area (Å²) in [6.07, 6.45) is 0. The highest BCUT2D eigenvalue weighted by Gasteiger charge is 2.21. The first-order valence-electron chi connectivity index (χ1n) is 3.31. The molecule has 82 valence electrons. The minimum Gasteiger partial charge on any atom is -0.258 e. The van der Waals surface area contributed by atoms with Crippen LogP contribution in [0.3, 0.4) is 0 Å². The molecule has 5 nitrogen and oxygen atoms in total. The van der Waals surface area contributed by atoms with Crippen LogP contribution in [0.25, 0.3) is 0 Å². The van der Waals surface area contributed by atoms with Gasteiger partial charge in [0, 0.05) is 10.7 Å². The normalized spacial score (nSPS) is 11.4. The van der Waals surface area contributed by atoms with E-state index in [2.05, 4.69) is 0 Å². The third kappa shape index (κ3) is 3.14. The van der Waals surface area contributed by atoms with Gasteiger partial charge in [0.2, 0.25) is 0 Å². The van der Waals surface area contributed by atoms with E-state index < -0.39 is 14.0 Å². The highest BCUT2D eigenvalue weighted by Crippen LogP contribution is 2.31. The lowest BCUT2D eigenvalue weighted by Gasteiger charge is -2.01. The zero-order chi connectivity index (χ0) is 11.8. The van der Waals surface area contributed by atoms with Crippen LogP contribution in [-0.4, -0.2) is 13.3 Å². The summed E-state index contributed by atoms with van der Waals surface area (Å²) in [5, 5.41) is 10.6. The first kappa shape index (κ1) is 13.4. The van der Waals surface area contributed by atoms with Gasteiger partial charge in [0.1, 0.15) is 0 Å². The molecule has 0 bridgehead atoms. The van der Waals surface area contributed by atoms with Crippen LogP contribution < -0.4 is 0 Å². The van der Waals surface area contributed by atoms with E-state index in [4.69, 9.17) is 10.7 Å². The zero-order valence-electron chi connectivity index (χ0n) is 6.78. The SMILES string of the molecule is O=[N+]([O-])c1c(I)cc(S(=O)(=O)Cl)cc1I. The summed E-state index contributed by atoms with van der Waals surface area (Å²) in [7, 11) is 1.28. The maximum absolute atomic E-state index is 11.0. The minimum absolute atomic E-state index is 0.111. The van der Waals surface area contributed by atoms with Crippen molar-refractivity contribution in [1.29, 1.82) is 0 Å². The van der Waals surface area contributed by atoms with E-state index in [0.29, 0.717) is 0 Å². The summed E-state index contributed by atoms with van der Waals surface area (Å²) in [6, 6.07) is 2.34. The lowest BCUT2D eigenvalue weighted by atomic mass is 10.3. The van der Waals surface area contributed by atoms with E-state index in [9.17, 15) is 18.5 Å². The number of nitro benzene ring substituents is 1. The van der Waals surface area contributed by atoms with Crippen LogP contribution in [0.4, 0.5) is 5.69 Å². The first-order chi connectivity index (χ1) is 6.73. The van der Waals surface area contributed by atoms with Crippen molar-refractivity contribution >= 4 is 70.6 Å². The molecule has 0 saturated carbocycles. The standard InChI is InChI=1S/C6H2ClI2NO4S/c7-15(13,14)3-1-4(8)6(10(11)12)5(9)2-3/h1-2H. The van der Waals surface area contributed by atoms with E-state index >= 15 is 0 Å². The summed E-state index contributed by atoms with van der Waals surface area (Å²) < 4.78 is 22.5. The highest BCUT2D eigenvalue weighted by atomic mass is 127. The first-order valence-corrected chi connectivity index (χ1v) is 7.78. The van der Waals surface area contributed by atoms with Crippen LogP contribution >= 0.6 is 55.9 Å². The Kier molecular flexibility index (Phi) is 4.17. The molecule has 1 rings (SSSR count). The van der Waals surface area contributed by atoms with Gasteiger partial charge < -0.3 is 0 Å². The van der Waals surface area contributed by atoms with Crippen molar-refractivity contribution < 1.29 is 13.3 Å². The molecule has 0 aromatic heterocycles. The fourth-order valence-electron chi connectivity index (χ4n) is 0.857. The lowest BCUT2D eigenvalue weighted by molar-refractivity contribution is -0.386. The molecule has 1 aromatic carbocycles. The van der Waals surface area contributed by atoms with Gasteiger partial charge in [0.25, 0.3) is 14.7 Å². The van der Waals surface area contributed by atoms with Crippen LogP contribution in [-0.2, 0) is 9.05 Å². The Morgan fingerprint density at radius 1 is 1.27 bits per heavy atom. The molecule has 0 aliphatic rings. The van der Waals surface area contributed by atoms with E-state index in [-0.39, 0.29) is 17.7 Å². The number of benzene rings is 1. The van der Waals surface area contributed by atoms with Crippen LogP contribution in [0.2, 0.25) is 0 Å². The molecule has 1 aromatic rings. The number of nitro groups is 1. The van der Waals surface area contributed by atoms with Gasteiger partial charge >= 0.3 is 0 Å². The predicted molar refractivity (Wildman–Crippen MR) is 71.6 cm³/mol. The second-order valence-electron chi connectivity index (χ2n) is 2.43. The van der Waals surface area contributed by atoms with Gasteiger partial charge in [-0.05, 0) is 57.3 Å². The molecule has 0 heterocycles. The molecule has 0 radical (unpaired) electrons. The zero-order valence-corrected chi connectivity index (χ0v) is 12.7. The maximum atomic E-state index is 11.0. The predicted octanol–water partition coefficient (Wildman–Crippen LogP) is 2.73. The van der Waals surface area contributed by atoms with Crippen molar-refractivity contribution in [1.82, 2.24) is 0 Å². The molecular formula is C6H2ClI2NO4S. The van der Waals surface area contributed by atoms with E-state index in [1.54, 1.807) is 45.2 Å². The number of hydrogen-bond donors (Lipinski definition) is 0. The van der Waals surface area contributed by atoms with E-state index in [1.807, 2.05) is 0 Å². The molecule has 0 spiro atoms. The van der Waals surface area contributed by atoms with Crippen molar-refractivity contribution in [2.24, 2.45) is 0 Å². The summed E-state index contributed by atoms with van der Waals surface area (Å²) in [4.78, 5) is 9.92. The average Bonchev–Trinajstić information content (AvgIpc) is 1.99. The minimum atomic E-state index is -3.85. The molecule has 0 aliphatic heterocycles. The summed E-state index contributed by atoms with van der Waals surface area (Å²) in [6.45, 7) is 0. The second kappa shape index (κ2) is 4.67. The average molecular weight is 473 g/mol. The van der Waals surface area contributed by atoms with Gasteiger partial charge in [0.15, 0.2) is 0 Å². The molecule has 9 heteroatoms. The van der Waals surface area contributed by atoms with Gasteiger partial charge in [-0.1, -0.05) is 0 Å². The molecular weight excluding hydrogens is 471 g/mol. The van der Waals surface area contributed by atoms with Gasteiger partial charge in [-0.3, -0.25) is 10.1 Å². The third-order valence-electron chi connectivity index (χ3n) is 1.45. The Hall–Kier alpha value is 0.320. The monoisotopic (exact) mass is 473 g/mol. The molecule has 0 amide bonds. The quantitative estimate of drug-likeness (QED) is 0.287. The number of hydrogen-bond acceptors (Lipinski definition) is 4. The van der Waals surface area contributed by atoms with Crippen LogP contribution in [0, 0.1) is 17.3 Å². The highest BCUT2D eigenvalue weighted by molar-refractivity contribution is 14.1. The Balaban J connectivity index is 3.52. The van der Waals surface area contributed by atoms with Crippen molar-refractivity contribution in [2.45, 2.75) is 4.90 Å². The smallest absolute Gasteiger partial charge is 0.258 e. The molecule has 0 fully saturated rings. The molecule has 0 aliphatic carbocycles. The van der Waals surface area contributed by atoms with Crippen molar-refractivity contribution in [3.63, 3.8) is 0 Å². The summed E-state index contributed by atoms with van der Waals surface area (Å²) in [5.41, 5.74) is -0.111. The van der Waals surface area contributed by atoms with Crippen LogP contribution in [0.1, 0.15) is 0 Å². The second-order valence-corrected chi connectivity index (χ2v) is 7.32. The van der Waals surface area contributed by atoms with Gasteiger partial charge in [-0.25, -0.2) is 8.42 Å².